The molecule has 15 heavy (non-hydrogen) atoms. The number of hydrogen-bond acceptors (Lipinski definition) is 3. The van der Waals surface area contributed by atoms with Gasteiger partial charge in [-0.3, -0.25) is 0 Å². The lowest BCUT2D eigenvalue weighted by atomic mass is 10.1. The molecule has 0 bridgehead atoms. The first-order chi connectivity index (χ1) is 7.26. The van der Waals surface area contributed by atoms with Gasteiger partial charge >= 0.3 is 5.97 Å². The monoisotopic (exact) mass is 204 g/mol. The number of hydrogen-bond donors (Lipinski definition) is 1. The van der Waals surface area contributed by atoms with Crippen LogP contribution in [0, 0.1) is 11.8 Å². The zero-order valence-corrected chi connectivity index (χ0v) is 8.49. The molecule has 0 saturated heterocycles. The molecule has 0 heterocycles. The molecule has 3 nitrogen and oxygen atoms in total. The summed E-state index contributed by atoms with van der Waals surface area (Å²) in [6, 6.07) is 7.01. The lowest BCUT2D eigenvalue weighted by molar-refractivity contribution is -0.136. The summed E-state index contributed by atoms with van der Waals surface area (Å²) in [6.45, 7) is 2.07. The maximum Gasteiger partial charge on any atom is 0.384 e. The van der Waals surface area contributed by atoms with Crippen molar-refractivity contribution >= 4 is 5.97 Å². The molecule has 0 aliphatic heterocycles. The van der Waals surface area contributed by atoms with Gasteiger partial charge in [-0.25, -0.2) is 4.79 Å². The van der Waals surface area contributed by atoms with Crippen LogP contribution < -0.4 is 0 Å². The van der Waals surface area contributed by atoms with Crippen molar-refractivity contribution in [3.8, 4) is 11.8 Å². The number of esters is 1. The SMILES string of the molecule is CCOC(=O)C#Cc1ccc(CO)cc1. The summed E-state index contributed by atoms with van der Waals surface area (Å²) in [4.78, 5) is 10.9. The van der Waals surface area contributed by atoms with Gasteiger partial charge in [0.1, 0.15) is 0 Å². The first-order valence-electron chi connectivity index (χ1n) is 4.65. The number of aliphatic hydroxyl groups excluding tert-OH is 1. The Hall–Kier alpha value is -1.79. The van der Waals surface area contributed by atoms with E-state index in [1.165, 1.54) is 0 Å². The van der Waals surface area contributed by atoms with E-state index >= 15 is 0 Å². The van der Waals surface area contributed by atoms with Gasteiger partial charge < -0.3 is 9.84 Å². The Labute approximate surface area is 88.7 Å². The Balaban J connectivity index is 2.68. The zero-order chi connectivity index (χ0) is 11.1. The van der Waals surface area contributed by atoms with Crippen molar-refractivity contribution in [3.63, 3.8) is 0 Å². The number of benzene rings is 1. The van der Waals surface area contributed by atoms with Crippen LogP contribution in [0.2, 0.25) is 0 Å². The summed E-state index contributed by atoms with van der Waals surface area (Å²) >= 11 is 0. The van der Waals surface area contributed by atoms with Gasteiger partial charge in [0.05, 0.1) is 13.2 Å². The molecule has 0 aliphatic rings. The normalized spacial score (nSPS) is 8.93. The molecule has 0 aromatic heterocycles. The van der Waals surface area contributed by atoms with Gasteiger partial charge in [0, 0.05) is 11.5 Å². The van der Waals surface area contributed by atoms with Crippen molar-refractivity contribution in [2.75, 3.05) is 6.61 Å². The van der Waals surface area contributed by atoms with E-state index in [1.807, 2.05) is 0 Å². The van der Waals surface area contributed by atoms with Gasteiger partial charge in [0.25, 0.3) is 0 Å². The number of rotatable bonds is 2. The van der Waals surface area contributed by atoms with E-state index in [-0.39, 0.29) is 6.61 Å². The molecule has 0 aliphatic carbocycles. The Morgan fingerprint density at radius 1 is 1.40 bits per heavy atom. The molecule has 1 rings (SSSR count). The van der Waals surface area contributed by atoms with Crippen molar-refractivity contribution in [2.24, 2.45) is 0 Å². The molecule has 3 heteroatoms. The average Bonchev–Trinajstić information content (AvgIpc) is 2.27. The topological polar surface area (TPSA) is 46.5 Å². The van der Waals surface area contributed by atoms with Crippen molar-refractivity contribution < 1.29 is 14.6 Å². The van der Waals surface area contributed by atoms with Crippen molar-refractivity contribution in [2.45, 2.75) is 13.5 Å². The van der Waals surface area contributed by atoms with Crippen LogP contribution in [-0.2, 0) is 16.1 Å². The smallest absolute Gasteiger partial charge is 0.384 e. The highest BCUT2D eigenvalue weighted by Gasteiger charge is 1.93. The summed E-state index contributed by atoms with van der Waals surface area (Å²) in [5.74, 6) is 4.51. The first-order valence-corrected chi connectivity index (χ1v) is 4.65. The van der Waals surface area contributed by atoms with Crippen LogP contribution in [-0.4, -0.2) is 17.7 Å². The zero-order valence-electron chi connectivity index (χ0n) is 8.49. The Bertz CT molecular complexity index is 382. The second kappa shape index (κ2) is 5.84. The lowest BCUT2D eigenvalue weighted by Crippen LogP contribution is -1.99. The average molecular weight is 204 g/mol. The van der Waals surface area contributed by atoms with E-state index in [9.17, 15) is 4.79 Å². The Kier molecular flexibility index (Phi) is 4.39. The van der Waals surface area contributed by atoms with Gasteiger partial charge in [0.2, 0.25) is 0 Å². The third kappa shape index (κ3) is 3.84. The highest BCUT2D eigenvalue weighted by Crippen LogP contribution is 2.02. The van der Waals surface area contributed by atoms with Gasteiger partial charge in [-0.2, -0.15) is 0 Å². The first kappa shape index (κ1) is 11.3. The molecular formula is C12H12O3. The van der Waals surface area contributed by atoms with Crippen LogP contribution in [0.15, 0.2) is 24.3 Å². The lowest BCUT2D eigenvalue weighted by Gasteiger charge is -1.94. The van der Waals surface area contributed by atoms with Gasteiger partial charge in [-0.1, -0.05) is 18.1 Å². The second-order valence-corrected chi connectivity index (χ2v) is 2.83. The molecule has 1 aromatic rings. The van der Waals surface area contributed by atoms with E-state index in [2.05, 4.69) is 16.6 Å². The van der Waals surface area contributed by atoms with Crippen LogP contribution in [0.1, 0.15) is 18.1 Å². The van der Waals surface area contributed by atoms with Crippen LogP contribution >= 0.6 is 0 Å². The molecular weight excluding hydrogens is 192 g/mol. The third-order valence-corrected chi connectivity index (χ3v) is 1.72. The minimum atomic E-state index is -0.524. The number of aliphatic hydroxyl groups is 1. The minimum Gasteiger partial charge on any atom is -0.456 e. The molecule has 0 fully saturated rings. The van der Waals surface area contributed by atoms with Crippen LogP contribution in [0.25, 0.3) is 0 Å². The molecule has 78 valence electrons. The molecule has 0 spiro atoms. The highest BCUT2D eigenvalue weighted by atomic mass is 16.5. The Morgan fingerprint density at radius 2 is 2.07 bits per heavy atom. The summed E-state index contributed by atoms with van der Waals surface area (Å²) in [5, 5.41) is 8.81. The predicted octanol–water partition coefficient (Wildman–Crippen LogP) is 1.09. The van der Waals surface area contributed by atoms with Gasteiger partial charge in [-0.15, -0.1) is 0 Å². The van der Waals surface area contributed by atoms with Gasteiger partial charge in [0.15, 0.2) is 0 Å². The Morgan fingerprint density at radius 3 is 2.60 bits per heavy atom. The summed E-state index contributed by atoms with van der Waals surface area (Å²) in [6.07, 6.45) is 0. The molecule has 1 N–H and O–H groups in total. The standard InChI is InChI=1S/C12H12O3/c1-2-15-12(14)8-7-10-3-5-11(9-13)6-4-10/h3-6,13H,2,9H2,1H3. The molecule has 0 amide bonds. The van der Waals surface area contributed by atoms with Crippen molar-refractivity contribution in [1.29, 1.82) is 0 Å². The fourth-order valence-corrected chi connectivity index (χ4v) is 0.984. The number of carbonyl (C=O) groups is 1. The molecule has 1 aromatic carbocycles. The van der Waals surface area contributed by atoms with E-state index in [1.54, 1.807) is 31.2 Å². The second-order valence-electron chi connectivity index (χ2n) is 2.83. The van der Waals surface area contributed by atoms with Crippen LogP contribution in [0.3, 0.4) is 0 Å². The van der Waals surface area contributed by atoms with Crippen LogP contribution in [0.5, 0.6) is 0 Å². The quantitative estimate of drug-likeness (QED) is 0.579. The summed E-state index contributed by atoms with van der Waals surface area (Å²) in [7, 11) is 0. The fraction of sp³-hybridized carbons (Fsp3) is 0.250. The maximum atomic E-state index is 10.9. The molecule has 0 atom stereocenters. The minimum absolute atomic E-state index is 0.00554. The maximum absolute atomic E-state index is 10.9. The third-order valence-electron chi connectivity index (χ3n) is 1.72. The predicted molar refractivity (Wildman–Crippen MR) is 55.9 cm³/mol. The number of carbonyl (C=O) groups excluding carboxylic acids is 1. The summed E-state index contributed by atoms with van der Waals surface area (Å²) < 4.78 is 4.66. The van der Waals surface area contributed by atoms with E-state index in [4.69, 9.17) is 5.11 Å². The van der Waals surface area contributed by atoms with Crippen LogP contribution in [0.4, 0.5) is 0 Å². The van der Waals surface area contributed by atoms with Crippen molar-refractivity contribution in [1.82, 2.24) is 0 Å². The molecule has 0 saturated carbocycles. The number of ether oxygens (including phenoxy) is 1. The molecule has 0 unspecified atom stereocenters. The van der Waals surface area contributed by atoms with Crippen molar-refractivity contribution in [3.05, 3.63) is 35.4 Å². The van der Waals surface area contributed by atoms with E-state index in [0.29, 0.717) is 6.61 Å². The van der Waals surface area contributed by atoms with E-state index < -0.39 is 5.97 Å². The van der Waals surface area contributed by atoms with Gasteiger partial charge in [-0.05, 0) is 24.6 Å². The highest BCUT2D eigenvalue weighted by molar-refractivity contribution is 5.89. The fourth-order valence-electron chi connectivity index (χ4n) is 0.984. The molecule has 0 radical (unpaired) electrons. The van der Waals surface area contributed by atoms with E-state index in [0.717, 1.165) is 11.1 Å². The largest absolute Gasteiger partial charge is 0.456 e. The summed E-state index contributed by atoms with van der Waals surface area (Å²) in [5.41, 5.74) is 1.54.